The normalized spacial score (nSPS) is 10.2. The molecular formula is C14H8Cl4N2O2. The number of amides is 2. The van der Waals surface area contributed by atoms with Crippen LogP contribution in [-0.4, -0.2) is 11.8 Å². The van der Waals surface area contributed by atoms with Crippen LogP contribution < -0.4 is 10.6 Å². The summed E-state index contributed by atoms with van der Waals surface area (Å²) in [6.07, 6.45) is 0. The molecule has 0 aliphatic heterocycles. The summed E-state index contributed by atoms with van der Waals surface area (Å²) in [5, 5.41) is 6.04. The van der Waals surface area contributed by atoms with Gasteiger partial charge in [0.15, 0.2) is 0 Å². The summed E-state index contributed by atoms with van der Waals surface area (Å²) in [7, 11) is 0. The van der Waals surface area contributed by atoms with Crippen LogP contribution in [0.2, 0.25) is 20.1 Å². The lowest BCUT2D eigenvalue weighted by Gasteiger charge is -2.08. The largest absolute Gasteiger partial charge is 0.318 e. The summed E-state index contributed by atoms with van der Waals surface area (Å²) in [6.45, 7) is 0. The number of anilines is 2. The van der Waals surface area contributed by atoms with Gasteiger partial charge in [0.2, 0.25) is 0 Å². The lowest BCUT2D eigenvalue weighted by molar-refractivity contribution is -0.132. The third-order valence-corrected chi connectivity index (χ3v) is 4.04. The van der Waals surface area contributed by atoms with Gasteiger partial charge in [-0.15, -0.1) is 0 Å². The molecule has 0 fully saturated rings. The minimum Gasteiger partial charge on any atom is -0.318 e. The van der Waals surface area contributed by atoms with Crippen LogP contribution in [0.5, 0.6) is 0 Å². The van der Waals surface area contributed by atoms with Gasteiger partial charge in [0.05, 0.1) is 20.1 Å². The van der Waals surface area contributed by atoms with Crippen molar-refractivity contribution in [2.45, 2.75) is 0 Å². The molecule has 114 valence electrons. The lowest BCUT2D eigenvalue weighted by atomic mass is 10.3. The van der Waals surface area contributed by atoms with Crippen LogP contribution in [0.3, 0.4) is 0 Å². The van der Waals surface area contributed by atoms with Crippen LogP contribution >= 0.6 is 46.4 Å². The van der Waals surface area contributed by atoms with Crippen molar-refractivity contribution in [3.63, 3.8) is 0 Å². The van der Waals surface area contributed by atoms with Crippen LogP contribution in [-0.2, 0) is 9.59 Å². The Labute approximate surface area is 146 Å². The Bertz CT molecular complexity index is 686. The number of nitrogens with one attached hydrogen (secondary N) is 2. The maximum atomic E-state index is 11.8. The fourth-order valence-corrected chi connectivity index (χ4v) is 2.12. The monoisotopic (exact) mass is 376 g/mol. The summed E-state index contributed by atoms with van der Waals surface area (Å²) < 4.78 is 0. The maximum Gasteiger partial charge on any atom is 0.314 e. The highest BCUT2D eigenvalue weighted by molar-refractivity contribution is 6.45. The number of hydrogen-bond donors (Lipinski definition) is 2. The molecule has 4 nitrogen and oxygen atoms in total. The standard InChI is InChI=1S/C14H8Cl4N2O2/c15-9-3-1-7(5-11(9)17)19-13(21)14(22)20-8-2-4-10(16)12(18)6-8/h1-6H,(H,19,21)(H,20,22). The fourth-order valence-electron chi connectivity index (χ4n) is 1.52. The third-order valence-electron chi connectivity index (χ3n) is 2.56. The Hall–Kier alpha value is -1.46. The Morgan fingerprint density at radius 3 is 1.32 bits per heavy atom. The van der Waals surface area contributed by atoms with Gasteiger partial charge in [-0.25, -0.2) is 0 Å². The molecule has 2 aromatic carbocycles. The molecule has 0 aromatic heterocycles. The van der Waals surface area contributed by atoms with Crippen molar-refractivity contribution in [3.8, 4) is 0 Å². The smallest absolute Gasteiger partial charge is 0.314 e. The van der Waals surface area contributed by atoms with Gasteiger partial charge in [-0.05, 0) is 36.4 Å². The molecule has 2 rings (SSSR count). The molecule has 8 heteroatoms. The number of carbonyl (C=O) groups excluding carboxylic acids is 2. The molecular weight excluding hydrogens is 370 g/mol. The first kappa shape index (κ1) is 16.9. The summed E-state index contributed by atoms with van der Waals surface area (Å²) in [5.41, 5.74) is 0.701. The van der Waals surface area contributed by atoms with Gasteiger partial charge in [0.25, 0.3) is 0 Å². The van der Waals surface area contributed by atoms with Gasteiger partial charge >= 0.3 is 11.8 Å². The van der Waals surface area contributed by atoms with Gasteiger partial charge < -0.3 is 10.6 Å². The first-order valence-corrected chi connectivity index (χ1v) is 7.40. The van der Waals surface area contributed by atoms with Crippen molar-refractivity contribution in [1.29, 1.82) is 0 Å². The predicted octanol–water partition coefficient (Wildman–Crippen LogP) is 4.88. The van der Waals surface area contributed by atoms with Crippen molar-refractivity contribution in [2.24, 2.45) is 0 Å². The Balaban J connectivity index is 2.04. The SMILES string of the molecule is O=C(Nc1ccc(Cl)c(Cl)c1)C(=O)Nc1ccc(Cl)c(Cl)c1. The molecule has 0 unspecified atom stereocenters. The Morgan fingerprint density at radius 1 is 0.636 bits per heavy atom. The molecule has 0 saturated carbocycles. The van der Waals surface area contributed by atoms with E-state index in [1.807, 2.05) is 0 Å². The zero-order valence-electron chi connectivity index (χ0n) is 10.8. The molecule has 2 N–H and O–H groups in total. The van der Waals surface area contributed by atoms with Crippen LogP contribution in [0.4, 0.5) is 11.4 Å². The van der Waals surface area contributed by atoms with Crippen molar-refractivity contribution < 1.29 is 9.59 Å². The van der Waals surface area contributed by atoms with Crippen LogP contribution in [0, 0.1) is 0 Å². The zero-order chi connectivity index (χ0) is 16.3. The van der Waals surface area contributed by atoms with E-state index in [2.05, 4.69) is 10.6 Å². The maximum absolute atomic E-state index is 11.8. The highest BCUT2D eigenvalue weighted by Crippen LogP contribution is 2.26. The van der Waals surface area contributed by atoms with Crippen LogP contribution in [0.25, 0.3) is 0 Å². The molecule has 2 amide bonds. The van der Waals surface area contributed by atoms with E-state index in [4.69, 9.17) is 46.4 Å². The molecule has 0 saturated heterocycles. The molecule has 0 radical (unpaired) electrons. The average molecular weight is 378 g/mol. The topological polar surface area (TPSA) is 58.2 Å². The number of hydrogen-bond acceptors (Lipinski definition) is 2. The molecule has 0 heterocycles. The Morgan fingerprint density at radius 2 is 1.00 bits per heavy atom. The summed E-state index contributed by atoms with van der Waals surface area (Å²) in [5.74, 6) is -1.71. The van der Waals surface area contributed by atoms with Crippen molar-refractivity contribution in [2.75, 3.05) is 10.6 Å². The molecule has 0 spiro atoms. The van der Waals surface area contributed by atoms with Gasteiger partial charge in [0.1, 0.15) is 0 Å². The molecule has 0 atom stereocenters. The summed E-state index contributed by atoms with van der Waals surface area (Å²) in [4.78, 5) is 23.6. The quantitative estimate of drug-likeness (QED) is 0.733. The number of carbonyl (C=O) groups is 2. The van der Waals surface area contributed by atoms with E-state index < -0.39 is 11.8 Å². The summed E-state index contributed by atoms with van der Waals surface area (Å²) >= 11 is 23.2. The summed E-state index contributed by atoms with van der Waals surface area (Å²) in [6, 6.07) is 8.95. The highest BCUT2D eigenvalue weighted by Gasteiger charge is 2.15. The predicted molar refractivity (Wildman–Crippen MR) is 90.2 cm³/mol. The fraction of sp³-hybridized carbons (Fsp3) is 0. The molecule has 0 bridgehead atoms. The van der Waals surface area contributed by atoms with Gasteiger partial charge in [-0.1, -0.05) is 46.4 Å². The van der Waals surface area contributed by atoms with E-state index in [0.29, 0.717) is 21.4 Å². The van der Waals surface area contributed by atoms with E-state index >= 15 is 0 Å². The van der Waals surface area contributed by atoms with Crippen LogP contribution in [0.15, 0.2) is 36.4 Å². The van der Waals surface area contributed by atoms with Gasteiger partial charge in [-0.2, -0.15) is 0 Å². The number of benzene rings is 2. The third kappa shape index (κ3) is 4.27. The van der Waals surface area contributed by atoms with Crippen molar-refractivity contribution in [3.05, 3.63) is 56.5 Å². The van der Waals surface area contributed by atoms with E-state index in [9.17, 15) is 9.59 Å². The number of halogens is 4. The second kappa shape index (κ2) is 7.20. The van der Waals surface area contributed by atoms with Crippen LogP contribution in [0.1, 0.15) is 0 Å². The van der Waals surface area contributed by atoms with E-state index in [1.165, 1.54) is 36.4 Å². The first-order chi connectivity index (χ1) is 10.4. The lowest BCUT2D eigenvalue weighted by Crippen LogP contribution is -2.29. The average Bonchev–Trinajstić information content (AvgIpc) is 2.46. The zero-order valence-corrected chi connectivity index (χ0v) is 13.8. The molecule has 2 aromatic rings. The second-order valence-electron chi connectivity index (χ2n) is 4.17. The number of rotatable bonds is 2. The second-order valence-corrected chi connectivity index (χ2v) is 5.79. The van der Waals surface area contributed by atoms with Crippen molar-refractivity contribution >= 4 is 69.6 Å². The van der Waals surface area contributed by atoms with E-state index in [0.717, 1.165) is 0 Å². The highest BCUT2D eigenvalue weighted by atomic mass is 35.5. The molecule has 0 aliphatic rings. The molecule has 22 heavy (non-hydrogen) atoms. The minimum atomic E-state index is -0.857. The van der Waals surface area contributed by atoms with E-state index in [-0.39, 0.29) is 10.0 Å². The molecule has 0 aliphatic carbocycles. The van der Waals surface area contributed by atoms with Gasteiger partial charge in [0, 0.05) is 11.4 Å². The van der Waals surface area contributed by atoms with Gasteiger partial charge in [-0.3, -0.25) is 9.59 Å². The Kier molecular flexibility index (Phi) is 5.53. The van der Waals surface area contributed by atoms with E-state index in [1.54, 1.807) is 0 Å². The first-order valence-electron chi connectivity index (χ1n) is 5.89. The van der Waals surface area contributed by atoms with Crippen molar-refractivity contribution in [1.82, 2.24) is 0 Å². The minimum absolute atomic E-state index is 0.268.